The molecule has 1 aliphatic rings. The van der Waals surface area contributed by atoms with E-state index >= 15 is 0 Å². The maximum Gasteiger partial charge on any atom is 0.408 e. The number of carbonyl (C=O) groups excluding carboxylic acids is 2. The van der Waals surface area contributed by atoms with Crippen LogP contribution in [-0.2, 0) is 9.53 Å². The topological polar surface area (TPSA) is 157 Å². The van der Waals surface area contributed by atoms with Crippen LogP contribution in [0.3, 0.4) is 0 Å². The maximum absolute atomic E-state index is 13.0. The number of rotatable bonds is 11. The van der Waals surface area contributed by atoms with Gasteiger partial charge in [0.05, 0.1) is 18.7 Å². The van der Waals surface area contributed by atoms with Crippen LogP contribution in [0, 0.1) is 11.8 Å². The van der Waals surface area contributed by atoms with Crippen molar-refractivity contribution in [1.29, 1.82) is 0 Å². The van der Waals surface area contributed by atoms with Crippen molar-refractivity contribution >= 4 is 12.0 Å². The second-order valence-corrected chi connectivity index (χ2v) is 10.2. The lowest BCUT2D eigenvalue weighted by atomic mass is 9.82. The second-order valence-electron chi connectivity index (χ2n) is 10.2. The van der Waals surface area contributed by atoms with Gasteiger partial charge in [-0.1, -0.05) is 51.1 Å². The molecular formula is C22H41N5O5. The van der Waals surface area contributed by atoms with Crippen molar-refractivity contribution in [3.05, 3.63) is 10.4 Å². The lowest BCUT2D eigenvalue weighted by Gasteiger charge is -2.33. The van der Waals surface area contributed by atoms with E-state index in [9.17, 15) is 19.8 Å². The first-order valence-electron chi connectivity index (χ1n) is 11.6. The summed E-state index contributed by atoms with van der Waals surface area (Å²) in [5.74, 6) is -0.0820. The van der Waals surface area contributed by atoms with Gasteiger partial charge in [0, 0.05) is 4.91 Å². The molecule has 0 aliphatic heterocycles. The molecule has 1 fully saturated rings. The number of azide groups is 1. The van der Waals surface area contributed by atoms with E-state index in [0.29, 0.717) is 18.8 Å². The number of nitrogens with one attached hydrogen (secondary N) is 2. The summed E-state index contributed by atoms with van der Waals surface area (Å²) in [5.41, 5.74) is 7.91. The number of alkyl carbamates (subject to hydrolysis) is 1. The number of carbonyl (C=O) groups is 2. The molecule has 0 aromatic carbocycles. The lowest BCUT2D eigenvalue weighted by Crippen LogP contribution is -2.56. The van der Waals surface area contributed by atoms with Gasteiger partial charge in [-0.15, -0.1) is 0 Å². The van der Waals surface area contributed by atoms with E-state index in [2.05, 4.69) is 20.7 Å². The van der Waals surface area contributed by atoms with Crippen LogP contribution in [0.1, 0.15) is 79.6 Å². The first kappa shape index (κ1) is 28.0. The fraction of sp³-hybridized carbons (Fsp3) is 0.909. The van der Waals surface area contributed by atoms with Gasteiger partial charge in [-0.3, -0.25) is 4.79 Å². The summed E-state index contributed by atoms with van der Waals surface area (Å²) in [5, 5.41) is 30.0. The van der Waals surface area contributed by atoms with Crippen LogP contribution in [0.15, 0.2) is 5.11 Å². The van der Waals surface area contributed by atoms with E-state index in [-0.39, 0.29) is 12.5 Å². The standard InChI is InChI=1S/C22H41N5O5/c1-14(2)11-18(28)19(29)16(12-15-9-7-6-8-10-15)25-20(30)17(13-24-27-23)26-21(31)32-22(3,4)5/h14-19,28-29H,6-13H2,1-5H3,(H,25,30)(H,26,31)/t16-,17-,18-,19+/m0/s1. The van der Waals surface area contributed by atoms with Crippen molar-refractivity contribution in [2.75, 3.05) is 6.54 Å². The molecular weight excluding hydrogens is 414 g/mol. The molecule has 0 aromatic rings. The second kappa shape index (κ2) is 13.5. The van der Waals surface area contributed by atoms with Crippen molar-refractivity contribution in [3.8, 4) is 0 Å². The third kappa shape index (κ3) is 11.0. The van der Waals surface area contributed by atoms with Crippen molar-refractivity contribution in [1.82, 2.24) is 10.6 Å². The molecule has 0 bridgehead atoms. The fourth-order valence-electron chi connectivity index (χ4n) is 4.00. The van der Waals surface area contributed by atoms with Gasteiger partial charge < -0.3 is 25.6 Å². The predicted molar refractivity (Wildman–Crippen MR) is 122 cm³/mol. The number of nitrogens with zero attached hydrogens (tertiary/aromatic N) is 3. The van der Waals surface area contributed by atoms with Crippen LogP contribution < -0.4 is 10.6 Å². The quantitative estimate of drug-likeness (QED) is 0.213. The summed E-state index contributed by atoms with van der Waals surface area (Å²) in [6.07, 6.45) is 3.40. The first-order valence-corrected chi connectivity index (χ1v) is 11.6. The lowest BCUT2D eigenvalue weighted by molar-refractivity contribution is -0.125. The number of hydrogen-bond donors (Lipinski definition) is 4. The molecule has 10 nitrogen and oxygen atoms in total. The Hall–Kier alpha value is -2.03. The number of ether oxygens (including phenoxy) is 1. The van der Waals surface area contributed by atoms with Gasteiger partial charge in [-0.05, 0) is 51.0 Å². The van der Waals surface area contributed by atoms with E-state index in [1.54, 1.807) is 20.8 Å². The molecule has 0 heterocycles. The Bertz CT molecular complexity index is 639. The number of amides is 2. The summed E-state index contributed by atoms with van der Waals surface area (Å²) in [4.78, 5) is 27.8. The highest BCUT2D eigenvalue weighted by atomic mass is 16.6. The summed E-state index contributed by atoms with van der Waals surface area (Å²) in [7, 11) is 0. The Morgan fingerprint density at radius 3 is 2.31 bits per heavy atom. The summed E-state index contributed by atoms with van der Waals surface area (Å²) < 4.78 is 5.20. The summed E-state index contributed by atoms with van der Waals surface area (Å²) >= 11 is 0. The van der Waals surface area contributed by atoms with Crippen LogP contribution in [-0.4, -0.2) is 58.7 Å². The van der Waals surface area contributed by atoms with Gasteiger partial charge in [0.1, 0.15) is 17.7 Å². The van der Waals surface area contributed by atoms with Gasteiger partial charge in [-0.25, -0.2) is 4.79 Å². The molecule has 0 aromatic heterocycles. The predicted octanol–water partition coefficient (Wildman–Crippen LogP) is 3.41. The molecule has 2 amide bonds. The highest BCUT2D eigenvalue weighted by Gasteiger charge is 2.33. The molecule has 0 unspecified atom stereocenters. The van der Waals surface area contributed by atoms with E-state index in [0.717, 1.165) is 25.7 Å². The maximum atomic E-state index is 13.0. The minimum absolute atomic E-state index is 0.178. The van der Waals surface area contributed by atoms with Crippen molar-refractivity contribution < 1.29 is 24.5 Å². The average Bonchev–Trinajstić information content (AvgIpc) is 2.68. The zero-order chi connectivity index (χ0) is 24.3. The number of aliphatic hydroxyl groups is 2. The van der Waals surface area contributed by atoms with Crippen LogP contribution >= 0.6 is 0 Å². The van der Waals surface area contributed by atoms with Gasteiger partial charge >= 0.3 is 6.09 Å². The third-order valence-electron chi connectivity index (χ3n) is 5.49. The summed E-state index contributed by atoms with van der Waals surface area (Å²) in [6, 6.07) is -1.85. The fourth-order valence-corrected chi connectivity index (χ4v) is 4.00. The zero-order valence-electron chi connectivity index (χ0n) is 20.1. The average molecular weight is 456 g/mol. The SMILES string of the molecule is CC(C)C[C@H](O)[C@H](O)[C@H](CC1CCCCC1)NC(=O)[C@H](CN=[N+]=[N-])NC(=O)OC(C)(C)C. The highest BCUT2D eigenvalue weighted by molar-refractivity contribution is 5.86. The Labute approximate surface area is 191 Å². The largest absolute Gasteiger partial charge is 0.444 e. The van der Waals surface area contributed by atoms with Crippen LogP contribution in [0.4, 0.5) is 4.79 Å². The third-order valence-corrected chi connectivity index (χ3v) is 5.49. The Balaban J connectivity index is 2.95. The number of hydrogen-bond acceptors (Lipinski definition) is 6. The summed E-state index contributed by atoms with van der Waals surface area (Å²) in [6.45, 7) is 8.68. The first-order chi connectivity index (χ1) is 14.9. The monoisotopic (exact) mass is 455 g/mol. The number of aliphatic hydroxyl groups excluding tert-OH is 2. The van der Waals surface area contributed by atoms with Gasteiger partial charge in [0.2, 0.25) is 5.91 Å². The Kier molecular flexibility index (Phi) is 11.8. The molecule has 0 saturated heterocycles. The Morgan fingerprint density at radius 2 is 1.78 bits per heavy atom. The van der Waals surface area contributed by atoms with E-state index < -0.39 is 41.9 Å². The van der Waals surface area contributed by atoms with Crippen LogP contribution in [0.25, 0.3) is 10.4 Å². The molecule has 1 rings (SSSR count). The van der Waals surface area contributed by atoms with Crippen LogP contribution in [0.5, 0.6) is 0 Å². The molecule has 0 radical (unpaired) electrons. The molecule has 1 saturated carbocycles. The van der Waals surface area contributed by atoms with Crippen molar-refractivity contribution in [2.24, 2.45) is 17.0 Å². The molecule has 1 aliphatic carbocycles. The molecule has 10 heteroatoms. The minimum atomic E-state index is -1.16. The van der Waals surface area contributed by atoms with Crippen molar-refractivity contribution in [2.45, 2.75) is 109 Å². The zero-order valence-corrected chi connectivity index (χ0v) is 20.1. The minimum Gasteiger partial charge on any atom is -0.444 e. The van der Waals surface area contributed by atoms with E-state index in [1.807, 2.05) is 13.8 Å². The highest BCUT2D eigenvalue weighted by Crippen LogP contribution is 2.29. The normalized spacial score (nSPS) is 18.8. The molecule has 32 heavy (non-hydrogen) atoms. The Morgan fingerprint density at radius 1 is 1.16 bits per heavy atom. The van der Waals surface area contributed by atoms with Gasteiger partial charge in [0.15, 0.2) is 0 Å². The van der Waals surface area contributed by atoms with Crippen LogP contribution in [0.2, 0.25) is 0 Å². The smallest absolute Gasteiger partial charge is 0.408 e. The van der Waals surface area contributed by atoms with Gasteiger partial charge in [0.25, 0.3) is 0 Å². The molecule has 184 valence electrons. The van der Waals surface area contributed by atoms with Crippen molar-refractivity contribution in [3.63, 3.8) is 0 Å². The van der Waals surface area contributed by atoms with Gasteiger partial charge in [-0.2, -0.15) is 0 Å². The molecule has 0 spiro atoms. The van der Waals surface area contributed by atoms with E-state index in [4.69, 9.17) is 10.3 Å². The van der Waals surface area contributed by atoms with E-state index in [1.165, 1.54) is 6.42 Å². The molecule has 4 N–H and O–H groups in total. The molecule has 4 atom stereocenters.